The zero-order chi connectivity index (χ0) is 13.4. The SMILES string of the molecule is Cc1cc2c(n1CC1CCN(C)CC1)CCCC2=O. The molecule has 1 aromatic rings. The van der Waals surface area contributed by atoms with Crippen molar-refractivity contribution in [3.63, 3.8) is 0 Å². The van der Waals surface area contributed by atoms with E-state index in [1.165, 1.54) is 37.3 Å². The van der Waals surface area contributed by atoms with Crippen LogP contribution in [0.1, 0.15) is 47.4 Å². The van der Waals surface area contributed by atoms with E-state index in [4.69, 9.17) is 0 Å². The van der Waals surface area contributed by atoms with Gasteiger partial charge in [-0.1, -0.05) is 0 Å². The van der Waals surface area contributed by atoms with Crippen LogP contribution >= 0.6 is 0 Å². The third-order valence-electron chi connectivity index (χ3n) is 4.81. The number of fused-ring (bicyclic) bond motifs is 1. The molecule has 0 amide bonds. The average Bonchev–Trinajstić information content (AvgIpc) is 2.71. The van der Waals surface area contributed by atoms with E-state index < -0.39 is 0 Å². The minimum Gasteiger partial charge on any atom is -0.348 e. The third kappa shape index (κ3) is 2.48. The van der Waals surface area contributed by atoms with Crippen LogP contribution in [-0.4, -0.2) is 35.4 Å². The first-order valence-corrected chi connectivity index (χ1v) is 7.56. The highest BCUT2D eigenvalue weighted by molar-refractivity contribution is 5.98. The lowest BCUT2D eigenvalue weighted by molar-refractivity contribution is 0.0971. The lowest BCUT2D eigenvalue weighted by Gasteiger charge is -2.30. The second-order valence-electron chi connectivity index (χ2n) is 6.28. The minimum absolute atomic E-state index is 0.353. The number of carbonyl (C=O) groups is 1. The minimum atomic E-state index is 0.353. The summed E-state index contributed by atoms with van der Waals surface area (Å²) in [7, 11) is 2.21. The van der Waals surface area contributed by atoms with Crippen LogP contribution in [0.3, 0.4) is 0 Å². The van der Waals surface area contributed by atoms with Crippen molar-refractivity contribution in [2.24, 2.45) is 5.92 Å². The van der Waals surface area contributed by atoms with Crippen molar-refractivity contribution in [1.82, 2.24) is 9.47 Å². The number of aromatic nitrogens is 1. The van der Waals surface area contributed by atoms with Gasteiger partial charge in [-0.05, 0) is 64.7 Å². The van der Waals surface area contributed by atoms with Gasteiger partial charge in [-0.3, -0.25) is 4.79 Å². The molecular formula is C16H24N2O. The Kier molecular flexibility index (Phi) is 3.48. The molecule has 1 aromatic heterocycles. The molecule has 3 rings (SSSR count). The molecule has 0 spiro atoms. The Hall–Kier alpha value is -1.09. The van der Waals surface area contributed by atoms with E-state index in [2.05, 4.69) is 29.5 Å². The van der Waals surface area contributed by atoms with E-state index in [1.807, 2.05) is 0 Å². The molecule has 0 saturated carbocycles. The van der Waals surface area contributed by atoms with Crippen LogP contribution in [0.15, 0.2) is 6.07 Å². The fraction of sp³-hybridized carbons (Fsp3) is 0.688. The molecule has 3 nitrogen and oxygen atoms in total. The summed E-state index contributed by atoms with van der Waals surface area (Å²) in [6.45, 7) is 5.70. The molecule has 1 fully saturated rings. The molecular weight excluding hydrogens is 236 g/mol. The van der Waals surface area contributed by atoms with Gasteiger partial charge in [0.25, 0.3) is 0 Å². The highest BCUT2D eigenvalue weighted by Gasteiger charge is 2.24. The van der Waals surface area contributed by atoms with Gasteiger partial charge in [0.15, 0.2) is 5.78 Å². The third-order valence-corrected chi connectivity index (χ3v) is 4.81. The first-order chi connectivity index (χ1) is 9.15. The van der Waals surface area contributed by atoms with E-state index in [1.54, 1.807) is 0 Å². The fourth-order valence-electron chi connectivity index (χ4n) is 3.55. The number of carbonyl (C=O) groups excluding carboxylic acids is 1. The van der Waals surface area contributed by atoms with Gasteiger partial charge in [0, 0.05) is 29.9 Å². The Morgan fingerprint density at radius 1 is 1.26 bits per heavy atom. The summed E-state index contributed by atoms with van der Waals surface area (Å²) in [4.78, 5) is 14.4. The van der Waals surface area contributed by atoms with E-state index in [-0.39, 0.29) is 0 Å². The molecule has 3 heteroatoms. The average molecular weight is 260 g/mol. The van der Waals surface area contributed by atoms with Gasteiger partial charge in [-0.15, -0.1) is 0 Å². The Bertz CT molecular complexity index is 481. The molecule has 0 unspecified atom stereocenters. The predicted octanol–water partition coefficient (Wildman–Crippen LogP) is 2.66. The number of piperidine rings is 1. The Balaban J connectivity index is 1.79. The summed E-state index contributed by atoms with van der Waals surface area (Å²) in [5, 5.41) is 0. The summed E-state index contributed by atoms with van der Waals surface area (Å²) in [6.07, 6.45) is 5.43. The summed E-state index contributed by atoms with van der Waals surface area (Å²) in [6, 6.07) is 2.12. The standard InChI is InChI=1S/C16H24N2O/c1-12-10-14-15(4-3-5-16(14)19)18(12)11-13-6-8-17(2)9-7-13/h10,13H,3-9,11H2,1-2H3. The number of nitrogens with zero attached hydrogens (tertiary/aromatic N) is 2. The number of ketones is 1. The summed E-state index contributed by atoms with van der Waals surface area (Å²) in [5.41, 5.74) is 3.60. The molecule has 19 heavy (non-hydrogen) atoms. The molecule has 1 aliphatic carbocycles. The molecule has 2 heterocycles. The van der Waals surface area contributed by atoms with Gasteiger partial charge in [0.1, 0.15) is 0 Å². The topological polar surface area (TPSA) is 25.2 Å². The van der Waals surface area contributed by atoms with Gasteiger partial charge < -0.3 is 9.47 Å². The number of likely N-dealkylation sites (tertiary alicyclic amines) is 1. The normalized spacial score (nSPS) is 21.7. The number of rotatable bonds is 2. The van der Waals surface area contributed by atoms with Crippen LogP contribution in [0.4, 0.5) is 0 Å². The van der Waals surface area contributed by atoms with E-state index in [0.717, 1.165) is 37.3 Å². The van der Waals surface area contributed by atoms with Crippen molar-refractivity contribution < 1.29 is 4.79 Å². The largest absolute Gasteiger partial charge is 0.348 e. The number of hydrogen-bond donors (Lipinski definition) is 0. The fourth-order valence-corrected chi connectivity index (χ4v) is 3.55. The second kappa shape index (κ2) is 5.12. The second-order valence-corrected chi connectivity index (χ2v) is 6.28. The molecule has 0 atom stereocenters. The van der Waals surface area contributed by atoms with Crippen LogP contribution in [0.2, 0.25) is 0 Å². The molecule has 0 radical (unpaired) electrons. The van der Waals surface area contributed by atoms with E-state index in [0.29, 0.717) is 5.78 Å². The zero-order valence-electron chi connectivity index (χ0n) is 12.1. The lowest BCUT2D eigenvalue weighted by atomic mass is 9.95. The van der Waals surface area contributed by atoms with Gasteiger partial charge >= 0.3 is 0 Å². The maximum Gasteiger partial charge on any atom is 0.164 e. The van der Waals surface area contributed by atoms with Crippen molar-refractivity contribution in [2.75, 3.05) is 20.1 Å². The van der Waals surface area contributed by atoms with Crippen LogP contribution in [0.5, 0.6) is 0 Å². The number of aryl methyl sites for hydroxylation is 1. The monoisotopic (exact) mass is 260 g/mol. The highest BCUT2D eigenvalue weighted by Crippen LogP contribution is 2.27. The molecule has 0 N–H and O–H groups in total. The van der Waals surface area contributed by atoms with Crippen molar-refractivity contribution in [3.05, 3.63) is 23.0 Å². The maximum absolute atomic E-state index is 12.0. The number of Topliss-reactive ketones (excluding diaryl/α,β-unsaturated/α-hetero) is 1. The Morgan fingerprint density at radius 3 is 2.74 bits per heavy atom. The predicted molar refractivity (Wildman–Crippen MR) is 76.7 cm³/mol. The van der Waals surface area contributed by atoms with Crippen molar-refractivity contribution in [2.45, 2.75) is 45.6 Å². The molecule has 104 valence electrons. The first-order valence-electron chi connectivity index (χ1n) is 7.56. The van der Waals surface area contributed by atoms with Gasteiger partial charge in [-0.2, -0.15) is 0 Å². The Labute approximate surface area is 115 Å². The Morgan fingerprint density at radius 2 is 2.00 bits per heavy atom. The maximum atomic E-state index is 12.0. The lowest BCUT2D eigenvalue weighted by Crippen LogP contribution is -2.32. The van der Waals surface area contributed by atoms with Gasteiger partial charge in [0.05, 0.1) is 0 Å². The smallest absolute Gasteiger partial charge is 0.164 e. The zero-order valence-corrected chi connectivity index (χ0v) is 12.1. The molecule has 2 aliphatic rings. The first kappa shape index (κ1) is 12.9. The van der Waals surface area contributed by atoms with Crippen LogP contribution in [0, 0.1) is 12.8 Å². The van der Waals surface area contributed by atoms with Gasteiger partial charge in [-0.25, -0.2) is 0 Å². The molecule has 1 saturated heterocycles. The molecule has 1 aliphatic heterocycles. The highest BCUT2D eigenvalue weighted by atomic mass is 16.1. The number of hydrogen-bond acceptors (Lipinski definition) is 2. The van der Waals surface area contributed by atoms with Crippen molar-refractivity contribution in [1.29, 1.82) is 0 Å². The van der Waals surface area contributed by atoms with Crippen LogP contribution in [0.25, 0.3) is 0 Å². The quantitative estimate of drug-likeness (QED) is 0.817. The summed E-state index contributed by atoms with van der Waals surface area (Å²) in [5.74, 6) is 1.13. The summed E-state index contributed by atoms with van der Waals surface area (Å²) >= 11 is 0. The van der Waals surface area contributed by atoms with Crippen LogP contribution in [-0.2, 0) is 13.0 Å². The molecule has 0 bridgehead atoms. The van der Waals surface area contributed by atoms with Gasteiger partial charge in [0.2, 0.25) is 0 Å². The molecule has 0 aromatic carbocycles. The van der Waals surface area contributed by atoms with E-state index in [9.17, 15) is 4.79 Å². The van der Waals surface area contributed by atoms with Crippen LogP contribution < -0.4 is 0 Å². The summed E-state index contributed by atoms with van der Waals surface area (Å²) < 4.78 is 2.43. The van der Waals surface area contributed by atoms with E-state index >= 15 is 0 Å². The van der Waals surface area contributed by atoms with Crippen molar-refractivity contribution >= 4 is 5.78 Å². The van der Waals surface area contributed by atoms with Crippen molar-refractivity contribution in [3.8, 4) is 0 Å².